The van der Waals surface area contributed by atoms with Crippen molar-refractivity contribution in [2.75, 3.05) is 0 Å². The molecule has 3 rings (SSSR count). The van der Waals surface area contributed by atoms with E-state index in [1.165, 1.54) is 0 Å². The zero-order chi connectivity index (χ0) is 16.2. The summed E-state index contributed by atoms with van der Waals surface area (Å²) < 4.78 is 7.83. The fraction of sp³-hybridized carbons (Fsp3) is 0.278. The number of aliphatic hydroxyl groups excluding tert-OH is 1. The summed E-state index contributed by atoms with van der Waals surface area (Å²) >= 11 is 6.37. The molecule has 0 aliphatic heterocycles. The van der Waals surface area contributed by atoms with Crippen molar-refractivity contribution >= 4 is 22.6 Å². The van der Waals surface area contributed by atoms with Crippen LogP contribution < -0.4 is 4.74 Å². The lowest BCUT2D eigenvalue weighted by atomic mass is 10.2. The predicted octanol–water partition coefficient (Wildman–Crippen LogP) is 4.17. The highest BCUT2D eigenvalue weighted by Gasteiger charge is 2.13. The van der Waals surface area contributed by atoms with E-state index < -0.39 is 0 Å². The molecule has 2 aromatic carbocycles. The minimum Gasteiger partial charge on any atom is -0.487 e. The zero-order valence-electron chi connectivity index (χ0n) is 13.0. The van der Waals surface area contributed by atoms with Crippen LogP contribution in [0.4, 0.5) is 0 Å². The van der Waals surface area contributed by atoms with E-state index in [0.29, 0.717) is 23.2 Å². The number of fused-ring (bicyclic) bond motifs is 1. The van der Waals surface area contributed by atoms with Gasteiger partial charge >= 0.3 is 0 Å². The van der Waals surface area contributed by atoms with Crippen LogP contribution >= 0.6 is 11.6 Å². The number of aliphatic hydroxyl groups is 1. The maximum absolute atomic E-state index is 9.49. The van der Waals surface area contributed by atoms with Crippen molar-refractivity contribution in [2.45, 2.75) is 33.1 Å². The SMILES string of the molecule is CCCn1c(CO)nc2cc(OCc3ccccc3)c(Cl)cc21. The molecule has 0 amide bonds. The molecule has 5 heteroatoms. The Morgan fingerprint density at radius 3 is 2.70 bits per heavy atom. The second kappa shape index (κ2) is 7.02. The average Bonchev–Trinajstić information content (AvgIpc) is 2.91. The third-order valence-corrected chi connectivity index (χ3v) is 4.00. The van der Waals surface area contributed by atoms with Crippen LogP contribution in [-0.2, 0) is 19.8 Å². The monoisotopic (exact) mass is 330 g/mol. The van der Waals surface area contributed by atoms with Crippen molar-refractivity contribution < 1.29 is 9.84 Å². The van der Waals surface area contributed by atoms with Gasteiger partial charge in [0.2, 0.25) is 0 Å². The first-order valence-corrected chi connectivity index (χ1v) is 8.07. The molecule has 0 bridgehead atoms. The van der Waals surface area contributed by atoms with E-state index in [1.807, 2.05) is 47.0 Å². The van der Waals surface area contributed by atoms with E-state index in [-0.39, 0.29) is 6.61 Å². The smallest absolute Gasteiger partial charge is 0.140 e. The van der Waals surface area contributed by atoms with Crippen molar-refractivity contribution in [3.05, 3.63) is 58.9 Å². The van der Waals surface area contributed by atoms with Gasteiger partial charge in [-0.05, 0) is 18.1 Å². The van der Waals surface area contributed by atoms with Crippen molar-refractivity contribution in [2.24, 2.45) is 0 Å². The molecule has 120 valence electrons. The largest absolute Gasteiger partial charge is 0.487 e. The quantitative estimate of drug-likeness (QED) is 0.738. The Kier molecular flexibility index (Phi) is 4.84. The van der Waals surface area contributed by atoms with Gasteiger partial charge in [0.25, 0.3) is 0 Å². The van der Waals surface area contributed by atoms with E-state index in [4.69, 9.17) is 16.3 Å². The normalized spacial score (nSPS) is 11.1. The second-order valence-electron chi connectivity index (χ2n) is 5.38. The summed E-state index contributed by atoms with van der Waals surface area (Å²) in [6.07, 6.45) is 0.961. The molecule has 0 spiro atoms. The van der Waals surface area contributed by atoms with E-state index in [0.717, 1.165) is 29.6 Å². The van der Waals surface area contributed by atoms with E-state index in [9.17, 15) is 5.11 Å². The van der Waals surface area contributed by atoms with Crippen LogP contribution in [0, 0.1) is 0 Å². The maximum atomic E-state index is 9.49. The first kappa shape index (κ1) is 15.8. The van der Waals surface area contributed by atoms with Crippen LogP contribution in [0.5, 0.6) is 5.75 Å². The Morgan fingerprint density at radius 1 is 1.22 bits per heavy atom. The molecule has 3 aromatic rings. The van der Waals surface area contributed by atoms with Crippen molar-refractivity contribution in [3.8, 4) is 5.75 Å². The molecule has 1 aromatic heterocycles. The summed E-state index contributed by atoms with van der Waals surface area (Å²) in [5.74, 6) is 1.26. The molecule has 0 unspecified atom stereocenters. The lowest BCUT2D eigenvalue weighted by molar-refractivity contribution is 0.265. The van der Waals surface area contributed by atoms with Crippen LogP contribution in [-0.4, -0.2) is 14.7 Å². The Balaban J connectivity index is 1.91. The lowest BCUT2D eigenvalue weighted by Crippen LogP contribution is -2.03. The van der Waals surface area contributed by atoms with Gasteiger partial charge in [-0.2, -0.15) is 0 Å². The fourth-order valence-corrected chi connectivity index (χ4v) is 2.83. The first-order valence-electron chi connectivity index (χ1n) is 7.69. The Labute approximate surface area is 140 Å². The number of hydrogen-bond acceptors (Lipinski definition) is 3. The summed E-state index contributed by atoms with van der Waals surface area (Å²) in [6, 6.07) is 13.6. The molecule has 1 N–H and O–H groups in total. The highest BCUT2D eigenvalue weighted by molar-refractivity contribution is 6.32. The third-order valence-electron chi connectivity index (χ3n) is 3.71. The van der Waals surface area contributed by atoms with Gasteiger partial charge in [-0.25, -0.2) is 4.98 Å². The van der Waals surface area contributed by atoms with Gasteiger partial charge in [0, 0.05) is 12.6 Å². The Bertz CT molecular complexity index is 800. The van der Waals surface area contributed by atoms with E-state index in [2.05, 4.69) is 11.9 Å². The highest BCUT2D eigenvalue weighted by atomic mass is 35.5. The summed E-state index contributed by atoms with van der Waals surface area (Å²) in [6.45, 7) is 3.25. The summed E-state index contributed by atoms with van der Waals surface area (Å²) in [4.78, 5) is 4.48. The van der Waals surface area contributed by atoms with Crippen LogP contribution in [0.25, 0.3) is 11.0 Å². The molecule has 0 fully saturated rings. The molecule has 23 heavy (non-hydrogen) atoms. The third kappa shape index (κ3) is 3.33. The van der Waals surface area contributed by atoms with Crippen LogP contribution in [0.15, 0.2) is 42.5 Å². The molecule has 0 radical (unpaired) electrons. The molecular weight excluding hydrogens is 312 g/mol. The van der Waals surface area contributed by atoms with Gasteiger partial charge in [0.15, 0.2) is 0 Å². The van der Waals surface area contributed by atoms with Gasteiger partial charge in [-0.3, -0.25) is 0 Å². The fourth-order valence-electron chi connectivity index (χ4n) is 2.62. The number of ether oxygens (including phenoxy) is 1. The second-order valence-corrected chi connectivity index (χ2v) is 5.79. The van der Waals surface area contributed by atoms with Gasteiger partial charge in [0.1, 0.15) is 24.8 Å². The number of benzene rings is 2. The lowest BCUT2D eigenvalue weighted by Gasteiger charge is -2.09. The minimum atomic E-state index is -0.0908. The average molecular weight is 331 g/mol. The summed E-state index contributed by atoms with van der Waals surface area (Å²) in [5, 5.41) is 10.0. The molecule has 0 atom stereocenters. The summed E-state index contributed by atoms with van der Waals surface area (Å²) in [5.41, 5.74) is 2.79. The van der Waals surface area contributed by atoms with Gasteiger partial charge in [-0.15, -0.1) is 0 Å². The number of hydrogen-bond donors (Lipinski definition) is 1. The standard InChI is InChI=1S/C18H19ClN2O2/c1-2-8-21-16-9-14(19)17(10-15(16)20-18(21)11-22)23-12-13-6-4-3-5-7-13/h3-7,9-10,22H,2,8,11-12H2,1H3. The number of nitrogens with zero attached hydrogens (tertiary/aromatic N) is 2. The number of aryl methyl sites for hydroxylation is 1. The summed E-state index contributed by atoms with van der Waals surface area (Å²) in [7, 11) is 0. The van der Waals surface area contributed by atoms with Crippen molar-refractivity contribution in [3.63, 3.8) is 0 Å². The van der Waals surface area contributed by atoms with E-state index >= 15 is 0 Å². The molecule has 0 aliphatic rings. The minimum absolute atomic E-state index is 0.0908. The van der Waals surface area contributed by atoms with Crippen LogP contribution in [0.2, 0.25) is 5.02 Å². The maximum Gasteiger partial charge on any atom is 0.140 e. The first-order chi connectivity index (χ1) is 11.2. The van der Waals surface area contributed by atoms with Crippen LogP contribution in [0.1, 0.15) is 24.7 Å². The number of aromatic nitrogens is 2. The highest BCUT2D eigenvalue weighted by Crippen LogP contribution is 2.31. The van der Waals surface area contributed by atoms with Gasteiger partial charge in [0.05, 0.1) is 16.1 Å². The molecule has 0 saturated carbocycles. The van der Waals surface area contributed by atoms with Crippen molar-refractivity contribution in [1.82, 2.24) is 9.55 Å². The van der Waals surface area contributed by atoms with E-state index in [1.54, 1.807) is 0 Å². The number of halogens is 1. The zero-order valence-corrected chi connectivity index (χ0v) is 13.8. The topological polar surface area (TPSA) is 47.3 Å². The van der Waals surface area contributed by atoms with Crippen molar-refractivity contribution in [1.29, 1.82) is 0 Å². The Hall–Kier alpha value is -2.04. The molecule has 0 saturated heterocycles. The Morgan fingerprint density at radius 2 is 2.00 bits per heavy atom. The number of rotatable bonds is 6. The van der Waals surface area contributed by atoms with Crippen LogP contribution in [0.3, 0.4) is 0 Å². The molecular formula is C18H19ClN2O2. The molecule has 0 aliphatic carbocycles. The van der Waals surface area contributed by atoms with Gasteiger partial charge in [-0.1, -0.05) is 48.9 Å². The predicted molar refractivity (Wildman–Crippen MR) is 91.7 cm³/mol. The number of imidazole rings is 1. The van der Waals surface area contributed by atoms with Gasteiger partial charge < -0.3 is 14.4 Å². The molecule has 4 nitrogen and oxygen atoms in total. The molecule has 1 heterocycles.